The van der Waals surface area contributed by atoms with Crippen molar-refractivity contribution in [1.29, 1.82) is 0 Å². The molecule has 6 nitrogen and oxygen atoms in total. The highest BCUT2D eigenvalue weighted by Gasteiger charge is 2.21. The van der Waals surface area contributed by atoms with E-state index in [2.05, 4.69) is 17.1 Å². The summed E-state index contributed by atoms with van der Waals surface area (Å²) in [6.45, 7) is 4.78. The molecule has 1 fully saturated rings. The first-order valence-corrected chi connectivity index (χ1v) is 8.33. The number of piperidine rings is 1. The second-order valence-corrected chi connectivity index (χ2v) is 6.35. The lowest BCUT2D eigenvalue weighted by Gasteiger charge is -2.33. The molecule has 0 radical (unpaired) electrons. The molecule has 0 unspecified atom stereocenters. The maximum Gasteiger partial charge on any atom is 0.283 e. The van der Waals surface area contributed by atoms with Gasteiger partial charge in [0.1, 0.15) is 5.56 Å². The number of hydrogen-bond acceptors (Lipinski definition) is 4. The molecule has 0 aliphatic carbocycles. The van der Waals surface area contributed by atoms with Gasteiger partial charge in [0.2, 0.25) is 0 Å². The Kier molecular flexibility index (Phi) is 6.36. The van der Waals surface area contributed by atoms with E-state index in [-0.39, 0.29) is 16.3 Å². The zero-order chi connectivity index (χ0) is 16.8. The summed E-state index contributed by atoms with van der Waals surface area (Å²) in [4.78, 5) is 25.0. The van der Waals surface area contributed by atoms with E-state index in [0.717, 1.165) is 19.5 Å². The smallest absolute Gasteiger partial charge is 0.283 e. The van der Waals surface area contributed by atoms with Crippen LogP contribution in [-0.4, -0.2) is 41.4 Å². The predicted molar refractivity (Wildman–Crippen MR) is 89.9 cm³/mol. The monoisotopic (exact) mass is 339 g/mol. The Morgan fingerprint density at radius 3 is 2.96 bits per heavy atom. The summed E-state index contributed by atoms with van der Waals surface area (Å²) in [6, 6.07) is 4.67. The van der Waals surface area contributed by atoms with Crippen molar-refractivity contribution in [3.63, 3.8) is 0 Å². The first-order valence-electron chi connectivity index (χ1n) is 7.95. The van der Waals surface area contributed by atoms with Gasteiger partial charge in [-0.1, -0.05) is 18.0 Å². The van der Waals surface area contributed by atoms with Crippen molar-refractivity contribution >= 4 is 23.2 Å². The second kappa shape index (κ2) is 8.26. The van der Waals surface area contributed by atoms with Gasteiger partial charge in [0.25, 0.3) is 11.6 Å². The van der Waals surface area contributed by atoms with Crippen LogP contribution in [0.15, 0.2) is 18.2 Å². The highest BCUT2D eigenvalue weighted by atomic mass is 35.5. The molecule has 1 amide bonds. The van der Waals surface area contributed by atoms with Crippen molar-refractivity contribution in [2.75, 3.05) is 19.6 Å². The molecule has 7 heteroatoms. The van der Waals surface area contributed by atoms with Gasteiger partial charge >= 0.3 is 0 Å². The molecular weight excluding hydrogens is 318 g/mol. The Balaban J connectivity index is 1.84. The molecular formula is C16H22ClN3O3. The molecule has 1 saturated heterocycles. The average molecular weight is 340 g/mol. The Bertz CT molecular complexity index is 580. The molecule has 0 aromatic heterocycles. The highest BCUT2D eigenvalue weighted by molar-refractivity contribution is 6.31. The van der Waals surface area contributed by atoms with Gasteiger partial charge in [-0.15, -0.1) is 0 Å². The summed E-state index contributed by atoms with van der Waals surface area (Å²) < 4.78 is 0. The highest BCUT2D eigenvalue weighted by Crippen LogP contribution is 2.23. The standard InChI is InChI=1S/C16H22ClN3O3/c1-12-5-2-3-9-19(12)10-4-8-18-16(21)14-7-6-13(17)11-15(14)20(22)23/h6-7,11-12H,2-5,8-10H2,1H3,(H,18,21)/t12-/m0/s1. The third-order valence-electron chi connectivity index (χ3n) is 4.25. The van der Waals surface area contributed by atoms with E-state index in [9.17, 15) is 14.9 Å². The lowest BCUT2D eigenvalue weighted by atomic mass is 10.0. The third kappa shape index (κ3) is 4.91. The number of hydrogen-bond donors (Lipinski definition) is 1. The lowest BCUT2D eigenvalue weighted by molar-refractivity contribution is -0.385. The van der Waals surface area contributed by atoms with Crippen molar-refractivity contribution in [2.24, 2.45) is 0 Å². The number of amides is 1. The number of likely N-dealkylation sites (tertiary alicyclic amines) is 1. The zero-order valence-corrected chi connectivity index (χ0v) is 14.0. The fourth-order valence-electron chi connectivity index (χ4n) is 2.92. The SMILES string of the molecule is C[C@H]1CCCCN1CCCNC(=O)c1ccc(Cl)cc1[N+](=O)[O-]. The topological polar surface area (TPSA) is 75.5 Å². The summed E-state index contributed by atoms with van der Waals surface area (Å²) in [5.41, 5.74) is -0.217. The van der Waals surface area contributed by atoms with Gasteiger partial charge in [0, 0.05) is 30.2 Å². The normalized spacial score (nSPS) is 18.6. The molecule has 1 aromatic rings. The van der Waals surface area contributed by atoms with E-state index >= 15 is 0 Å². The molecule has 2 rings (SSSR count). The summed E-state index contributed by atoms with van der Waals surface area (Å²) in [5.74, 6) is -0.431. The van der Waals surface area contributed by atoms with Crippen LogP contribution in [0.1, 0.15) is 43.0 Å². The quantitative estimate of drug-likeness (QED) is 0.490. The van der Waals surface area contributed by atoms with Gasteiger partial charge in [-0.05, 0) is 44.9 Å². The van der Waals surface area contributed by atoms with Crippen LogP contribution in [0.25, 0.3) is 0 Å². The van der Waals surface area contributed by atoms with E-state index in [1.54, 1.807) is 0 Å². The van der Waals surface area contributed by atoms with Crippen LogP contribution >= 0.6 is 11.6 Å². The number of halogens is 1. The lowest BCUT2D eigenvalue weighted by Crippen LogP contribution is -2.39. The summed E-state index contributed by atoms with van der Waals surface area (Å²) in [5, 5.41) is 14.0. The Morgan fingerprint density at radius 2 is 2.26 bits per heavy atom. The molecule has 0 bridgehead atoms. The van der Waals surface area contributed by atoms with Gasteiger partial charge in [-0.3, -0.25) is 14.9 Å². The van der Waals surface area contributed by atoms with Crippen molar-refractivity contribution < 1.29 is 9.72 Å². The van der Waals surface area contributed by atoms with Crippen LogP contribution in [0.4, 0.5) is 5.69 Å². The van der Waals surface area contributed by atoms with Gasteiger partial charge in [-0.25, -0.2) is 0 Å². The van der Waals surface area contributed by atoms with Gasteiger partial charge < -0.3 is 10.2 Å². The number of nitro groups is 1. The van der Waals surface area contributed by atoms with Crippen LogP contribution < -0.4 is 5.32 Å². The number of nitro benzene ring substituents is 1. The van der Waals surface area contributed by atoms with Crippen LogP contribution in [0, 0.1) is 10.1 Å². The first kappa shape index (κ1) is 17.7. The van der Waals surface area contributed by atoms with Crippen molar-refractivity contribution in [1.82, 2.24) is 10.2 Å². The molecule has 0 spiro atoms. The van der Waals surface area contributed by atoms with Crippen LogP contribution in [-0.2, 0) is 0 Å². The molecule has 1 atom stereocenters. The summed E-state index contributed by atoms with van der Waals surface area (Å²) in [7, 11) is 0. The fourth-order valence-corrected chi connectivity index (χ4v) is 3.08. The number of rotatable bonds is 6. The minimum Gasteiger partial charge on any atom is -0.352 e. The molecule has 23 heavy (non-hydrogen) atoms. The fraction of sp³-hybridized carbons (Fsp3) is 0.562. The Hall–Kier alpha value is -1.66. The minimum absolute atomic E-state index is 0.0470. The number of benzene rings is 1. The molecule has 1 aliphatic rings. The van der Waals surface area contributed by atoms with Gasteiger partial charge in [0.15, 0.2) is 0 Å². The van der Waals surface area contributed by atoms with E-state index in [4.69, 9.17) is 11.6 Å². The predicted octanol–water partition coefficient (Wildman–Crippen LogP) is 3.24. The van der Waals surface area contributed by atoms with Crippen LogP contribution in [0.5, 0.6) is 0 Å². The number of nitrogens with one attached hydrogen (secondary N) is 1. The first-order chi connectivity index (χ1) is 11.0. The summed E-state index contributed by atoms with van der Waals surface area (Å²) >= 11 is 5.75. The molecule has 1 aromatic carbocycles. The zero-order valence-electron chi connectivity index (χ0n) is 13.3. The Morgan fingerprint density at radius 1 is 1.48 bits per heavy atom. The van der Waals surface area contributed by atoms with E-state index < -0.39 is 10.8 Å². The number of carbonyl (C=O) groups excluding carboxylic acids is 1. The van der Waals surface area contributed by atoms with Crippen LogP contribution in [0.3, 0.4) is 0 Å². The molecule has 1 aliphatic heterocycles. The molecule has 1 N–H and O–H groups in total. The van der Waals surface area contributed by atoms with Gasteiger partial charge in [0.05, 0.1) is 4.92 Å². The largest absolute Gasteiger partial charge is 0.352 e. The van der Waals surface area contributed by atoms with E-state index in [0.29, 0.717) is 12.6 Å². The average Bonchev–Trinajstić information content (AvgIpc) is 2.52. The molecule has 1 heterocycles. The number of nitrogens with zero attached hydrogens (tertiary/aromatic N) is 2. The van der Waals surface area contributed by atoms with E-state index in [1.807, 2.05) is 0 Å². The maximum atomic E-state index is 12.1. The third-order valence-corrected chi connectivity index (χ3v) is 4.48. The van der Waals surface area contributed by atoms with E-state index in [1.165, 1.54) is 37.5 Å². The van der Waals surface area contributed by atoms with Crippen molar-refractivity contribution in [2.45, 2.75) is 38.6 Å². The second-order valence-electron chi connectivity index (χ2n) is 5.91. The van der Waals surface area contributed by atoms with Crippen molar-refractivity contribution in [3.05, 3.63) is 38.9 Å². The molecule has 126 valence electrons. The minimum atomic E-state index is -0.587. The van der Waals surface area contributed by atoms with Gasteiger partial charge in [-0.2, -0.15) is 0 Å². The summed E-state index contributed by atoms with van der Waals surface area (Å²) in [6.07, 6.45) is 4.57. The number of carbonyl (C=O) groups is 1. The maximum absolute atomic E-state index is 12.1. The van der Waals surface area contributed by atoms with Crippen molar-refractivity contribution in [3.8, 4) is 0 Å². The molecule has 0 saturated carbocycles. The Labute approximate surface area is 141 Å². The van der Waals surface area contributed by atoms with Crippen LogP contribution in [0.2, 0.25) is 5.02 Å².